The van der Waals surface area contributed by atoms with E-state index in [0.717, 1.165) is 0 Å². The van der Waals surface area contributed by atoms with Gasteiger partial charge in [0.1, 0.15) is 0 Å². The van der Waals surface area contributed by atoms with Gasteiger partial charge in [0.2, 0.25) is 5.91 Å². The quantitative estimate of drug-likeness (QED) is 0.852. The van der Waals surface area contributed by atoms with Crippen LogP contribution < -0.4 is 11.1 Å². The Morgan fingerprint density at radius 1 is 1.62 bits per heavy atom. The van der Waals surface area contributed by atoms with Crippen molar-refractivity contribution in [1.82, 2.24) is 5.32 Å². The number of nitrogens with two attached hydrogens (primary N) is 1. The lowest BCUT2D eigenvalue weighted by Gasteiger charge is -2.16. The number of halogens is 1. The number of rotatable bonds is 5. The van der Waals surface area contributed by atoms with Gasteiger partial charge in [-0.2, -0.15) is 0 Å². The maximum Gasteiger partial charge on any atom is 0.221 e. The lowest BCUT2D eigenvalue weighted by molar-refractivity contribution is -0.121. The van der Waals surface area contributed by atoms with E-state index < -0.39 is 0 Å². The average Bonchev–Trinajstić information content (AvgIpc) is 2.90. The summed E-state index contributed by atoms with van der Waals surface area (Å²) in [5.74, 6) is 0.716. The van der Waals surface area contributed by atoms with Crippen LogP contribution in [0.2, 0.25) is 0 Å². The summed E-state index contributed by atoms with van der Waals surface area (Å²) in [6.07, 6.45) is 2.88. The number of amides is 1. The molecule has 1 fully saturated rings. The first kappa shape index (κ1) is 13.5. The van der Waals surface area contributed by atoms with Gasteiger partial charge in [0.05, 0.1) is 6.04 Å². The molecule has 1 aliphatic carbocycles. The first-order valence-corrected chi connectivity index (χ1v) is 6.22. The fourth-order valence-corrected chi connectivity index (χ4v) is 2.57. The van der Waals surface area contributed by atoms with Gasteiger partial charge in [-0.05, 0) is 30.2 Å². The van der Waals surface area contributed by atoms with Crippen LogP contribution in [0.3, 0.4) is 0 Å². The molecule has 2 rings (SSSR count). The molecule has 0 aliphatic heterocycles. The van der Waals surface area contributed by atoms with Crippen LogP contribution in [0.15, 0.2) is 17.5 Å². The van der Waals surface area contributed by atoms with Gasteiger partial charge >= 0.3 is 0 Å². The fourth-order valence-electron chi connectivity index (χ4n) is 1.70. The van der Waals surface area contributed by atoms with Crippen molar-refractivity contribution in [3.05, 3.63) is 22.4 Å². The summed E-state index contributed by atoms with van der Waals surface area (Å²) >= 11 is 1.71. The molecule has 0 spiro atoms. The normalized spacial score (nSPS) is 16.3. The zero-order chi connectivity index (χ0) is 10.7. The van der Waals surface area contributed by atoms with Crippen LogP contribution in [0.25, 0.3) is 0 Å². The van der Waals surface area contributed by atoms with Crippen molar-refractivity contribution in [1.29, 1.82) is 0 Å². The van der Waals surface area contributed by atoms with Gasteiger partial charge in [0.25, 0.3) is 0 Å². The van der Waals surface area contributed by atoms with E-state index in [2.05, 4.69) is 16.8 Å². The zero-order valence-electron chi connectivity index (χ0n) is 9.02. The minimum atomic E-state index is 0. The number of hydrogen-bond acceptors (Lipinski definition) is 3. The van der Waals surface area contributed by atoms with Crippen LogP contribution in [0, 0.1) is 5.92 Å². The number of nitrogens with one attached hydrogen (secondary N) is 1. The summed E-state index contributed by atoms with van der Waals surface area (Å²) < 4.78 is 0. The largest absolute Gasteiger partial charge is 0.348 e. The standard InChI is InChI=1S/C11H16N2OS.ClH/c12-6-5-10(14)13-11(8-3-4-8)9-2-1-7-15-9;/h1-2,7-8,11H,3-6,12H2,(H,13,14);1H. The van der Waals surface area contributed by atoms with Crippen molar-refractivity contribution in [3.8, 4) is 0 Å². The Hall–Kier alpha value is -0.580. The molecule has 0 radical (unpaired) electrons. The molecule has 1 aliphatic rings. The first-order valence-electron chi connectivity index (χ1n) is 5.34. The van der Waals surface area contributed by atoms with Crippen LogP contribution in [-0.2, 0) is 4.79 Å². The molecule has 0 aromatic carbocycles. The highest BCUT2D eigenvalue weighted by atomic mass is 35.5. The molecule has 1 saturated carbocycles. The van der Waals surface area contributed by atoms with E-state index in [1.807, 2.05) is 6.07 Å². The predicted molar refractivity (Wildman–Crippen MR) is 68.8 cm³/mol. The van der Waals surface area contributed by atoms with E-state index in [9.17, 15) is 4.79 Å². The van der Waals surface area contributed by atoms with E-state index in [-0.39, 0.29) is 24.4 Å². The van der Waals surface area contributed by atoms with E-state index >= 15 is 0 Å². The molecule has 1 aromatic heterocycles. The van der Waals surface area contributed by atoms with Crippen molar-refractivity contribution in [2.75, 3.05) is 6.54 Å². The highest BCUT2D eigenvalue weighted by Crippen LogP contribution is 2.42. The number of carbonyl (C=O) groups is 1. The predicted octanol–water partition coefficient (Wildman–Crippen LogP) is 2.09. The summed E-state index contributed by atoms with van der Waals surface area (Å²) in [5, 5.41) is 5.13. The maximum absolute atomic E-state index is 11.5. The topological polar surface area (TPSA) is 55.1 Å². The van der Waals surface area contributed by atoms with Gasteiger partial charge in [-0.3, -0.25) is 4.79 Å². The Kier molecular flexibility index (Phi) is 5.25. The minimum Gasteiger partial charge on any atom is -0.348 e. The Bertz CT molecular complexity index is 325. The zero-order valence-corrected chi connectivity index (χ0v) is 10.7. The molecular weight excluding hydrogens is 244 g/mol. The average molecular weight is 261 g/mol. The molecular formula is C11H17ClN2OS. The van der Waals surface area contributed by atoms with E-state index in [1.165, 1.54) is 17.7 Å². The summed E-state index contributed by atoms with van der Waals surface area (Å²) in [7, 11) is 0. The molecule has 0 bridgehead atoms. The van der Waals surface area contributed by atoms with Crippen LogP contribution in [-0.4, -0.2) is 12.5 Å². The van der Waals surface area contributed by atoms with Crippen molar-refractivity contribution < 1.29 is 4.79 Å². The van der Waals surface area contributed by atoms with Gasteiger partial charge < -0.3 is 11.1 Å². The van der Waals surface area contributed by atoms with Crippen LogP contribution in [0.4, 0.5) is 0 Å². The summed E-state index contributed by atoms with van der Waals surface area (Å²) in [6, 6.07) is 4.35. The number of hydrogen-bond donors (Lipinski definition) is 2. The third kappa shape index (κ3) is 3.47. The molecule has 90 valence electrons. The van der Waals surface area contributed by atoms with Crippen molar-refractivity contribution in [3.63, 3.8) is 0 Å². The molecule has 1 heterocycles. The second-order valence-corrected chi connectivity index (χ2v) is 4.92. The second-order valence-electron chi connectivity index (χ2n) is 3.94. The van der Waals surface area contributed by atoms with Gasteiger partial charge in [-0.25, -0.2) is 0 Å². The molecule has 0 saturated heterocycles. The molecule has 5 heteroatoms. The summed E-state index contributed by atoms with van der Waals surface area (Å²) in [5.41, 5.74) is 5.36. The van der Waals surface area contributed by atoms with E-state index in [0.29, 0.717) is 18.9 Å². The molecule has 1 unspecified atom stereocenters. The summed E-state index contributed by atoms with van der Waals surface area (Å²) in [6.45, 7) is 0.424. The monoisotopic (exact) mass is 260 g/mol. The highest BCUT2D eigenvalue weighted by molar-refractivity contribution is 7.10. The molecule has 3 N–H and O–H groups in total. The molecule has 16 heavy (non-hydrogen) atoms. The highest BCUT2D eigenvalue weighted by Gasteiger charge is 2.33. The number of carbonyl (C=O) groups excluding carboxylic acids is 1. The lowest BCUT2D eigenvalue weighted by atomic mass is 10.1. The molecule has 1 aromatic rings. The van der Waals surface area contributed by atoms with Crippen LogP contribution >= 0.6 is 23.7 Å². The van der Waals surface area contributed by atoms with Gasteiger partial charge in [-0.1, -0.05) is 6.07 Å². The minimum absolute atomic E-state index is 0. The third-order valence-electron chi connectivity index (χ3n) is 2.63. The Morgan fingerprint density at radius 2 is 2.38 bits per heavy atom. The van der Waals surface area contributed by atoms with Crippen molar-refractivity contribution in [2.45, 2.75) is 25.3 Å². The Labute approximate surface area is 106 Å². The molecule has 3 nitrogen and oxygen atoms in total. The van der Waals surface area contributed by atoms with Gasteiger partial charge in [0, 0.05) is 17.8 Å². The van der Waals surface area contributed by atoms with E-state index in [4.69, 9.17) is 5.73 Å². The Balaban J connectivity index is 0.00000128. The van der Waals surface area contributed by atoms with Crippen molar-refractivity contribution in [2.24, 2.45) is 11.7 Å². The third-order valence-corrected chi connectivity index (χ3v) is 3.59. The lowest BCUT2D eigenvalue weighted by Crippen LogP contribution is -2.30. The molecule has 1 atom stereocenters. The smallest absolute Gasteiger partial charge is 0.221 e. The number of thiophene rings is 1. The second kappa shape index (κ2) is 6.23. The van der Waals surface area contributed by atoms with Crippen LogP contribution in [0.1, 0.15) is 30.2 Å². The van der Waals surface area contributed by atoms with Crippen LogP contribution in [0.5, 0.6) is 0 Å². The maximum atomic E-state index is 11.5. The Morgan fingerprint density at radius 3 is 2.88 bits per heavy atom. The van der Waals surface area contributed by atoms with Gasteiger partial charge in [0.15, 0.2) is 0 Å². The fraction of sp³-hybridized carbons (Fsp3) is 0.545. The SMILES string of the molecule is Cl.NCCC(=O)NC(c1cccs1)C1CC1. The van der Waals surface area contributed by atoms with E-state index in [1.54, 1.807) is 11.3 Å². The van der Waals surface area contributed by atoms with Crippen molar-refractivity contribution >= 4 is 29.7 Å². The van der Waals surface area contributed by atoms with Gasteiger partial charge in [-0.15, -0.1) is 23.7 Å². The molecule has 1 amide bonds. The summed E-state index contributed by atoms with van der Waals surface area (Å²) in [4.78, 5) is 12.8. The first-order chi connectivity index (χ1) is 7.31.